The molecule has 0 aliphatic heterocycles. The lowest BCUT2D eigenvalue weighted by Crippen LogP contribution is -2.26. The molecule has 2 aromatic carbocycles. The fraction of sp³-hybridized carbons (Fsp3) is 0.391. The summed E-state index contributed by atoms with van der Waals surface area (Å²) in [5.74, 6) is 1.78. The van der Waals surface area contributed by atoms with Gasteiger partial charge in [0.1, 0.15) is 5.75 Å². The van der Waals surface area contributed by atoms with Crippen LogP contribution in [0, 0.1) is 0 Å². The average Bonchev–Trinajstić information content (AvgIpc) is 2.71. The first-order valence-corrected chi connectivity index (χ1v) is 9.78. The highest BCUT2D eigenvalue weighted by Gasteiger charge is 2.11. The molecule has 6 nitrogen and oxygen atoms in total. The molecule has 0 heterocycles. The van der Waals surface area contributed by atoms with Crippen LogP contribution in [0.5, 0.6) is 17.2 Å². The molecule has 0 bridgehead atoms. The Morgan fingerprint density at radius 3 is 2.55 bits per heavy atom. The van der Waals surface area contributed by atoms with Gasteiger partial charge in [-0.15, -0.1) is 0 Å². The molecule has 0 radical (unpaired) electrons. The molecular weight excluding hydrogens is 370 g/mol. The molecule has 0 saturated carbocycles. The normalized spacial score (nSPS) is 11.4. The third kappa shape index (κ3) is 6.82. The largest absolute Gasteiger partial charge is 0.494 e. The van der Waals surface area contributed by atoms with E-state index in [-0.39, 0.29) is 17.7 Å². The molecule has 0 fully saturated rings. The lowest BCUT2D eigenvalue weighted by molar-refractivity contribution is -0.121. The van der Waals surface area contributed by atoms with Crippen molar-refractivity contribution < 1.29 is 23.8 Å². The zero-order valence-corrected chi connectivity index (χ0v) is 17.5. The number of carbonyl (C=O) groups is 2. The summed E-state index contributed by atoms with van der Waals surface area (Å²) in [5, 5.41) is 2.99. The number of nitrogens with one attached hydrogen (secondary N) is 1. The fourth-order valence-corrected chi connectivity index (χ4v) is 2.86. The second kappa shape index (κ2) is 11.1. The molecule has 6 heteroatoms. The van der Waals surface area contributed by atoms with Crippen molar-refractivity contribution in [3.63, 3.8) is 0 Å². The molecule has 1 unspecified atom stereocenters. The van der Waals surface area contributed by atoms with Crippen LogP contribution in [0.4, 0.5) is 0 Å². The van der Waals surface area contributed by atoms with Crippen molar-refractivity contribution in [1.29, 1.82) is 0 Å². The predicted molar refractivity (Wildman–Crippen MR) is 112 cm³/mol. The summed E-state index contributed by atoms with van der Waals surface area (Å²) in [6.07, 6.45) is 0.915. The Kier molecular flexibility index (Phi) is 8.52. The molecular formula is C23H29NO5. The van der Waals surface area contributed by atoms with Crippen LogP contribution in [0.3, 0.4) is 0 Å². The molecule has 2 aromatic rings. The third-order valence-corrected chi connectivity index (χ3v) is 4.42. The number of benzene rings is 2. The maximum atomic E-state index is 12.2. The maximum Gasteiger partial charge on any atom is 0.220 e. The van der Waals surface area contributed by atoms with Crippen LogP contribution in [-0.4, -0.2) is 32.0 Å². The number of ether oxygens (including phenoxy) is 3. The van der Waals surface area contributed by atoms with E-state index in [9.17, 15) is 9.59 Å². The van der Waals surface area contributed by atoms with Gasteiger partial charge in [0.2, 0.25) is 5.91 Å². The minimum absolute atomic E-state index is 0.0348. The van der Waals surface area contributed by atoms with Crippen molar-refractivity contribution in [2.24, 2.45) is 0 Å². The van der Waals surface area contributed by atoms with Gasteiger partial charge in [0, 0.05) is 12.0 Å². The molecule has 29 heavy (non-hydrogen) atoms. The van der Waals surface area contributed by atoms with Gasteiger partial charge in [-0.05, 0) is 63.1 Å². The molecule has 0 saturated heterocycles. The number of carbonyl (C=O) groups excluding carboxylic acids is 2. The van der Waals surface area contributed by atoms with Gasteiger partial charge in [-0.3, -0.25) is 9.59 Å². The van der Waals surface area contributed by atoms with Crippen LogP contribution in [0.1, 0.15) is 55.6 Å². The fourth-order valence-electron chi connectivity index (χ4n) is 2.86. The molecule has 0 aliphatic rings. The zero-order valence-electron chi connectivity index (χ0n) is 17.5. The second-order valence-corrected chi connectivity index (χ2v) is 6.67. The van der Waals surface area contributed by atoms with E-state index in [2.05, 4.69) is 5.32 Å². The maximum absolute atomic E-state index is 12.2. The Bertz CT molecular complexity index is 834. The Morgan fingerprint density at radius 1 is 1.07 bits per heavy atom. The van der Waals surface area contributed by atoms with Crippen molar-refractivity contribution >= 4 is 11.7 Å². The highest BCUT2D eigenvalue weighted by molar-refractivity contribution is 5.94. The van der Waals surface area contributed by atoms with Crippen molar-refractivity contribution in [1.82, 2.24) is 5.32 Å². The quantitative estimate of drug-likeness (QED) is 0.450. The Labute approximate surface area is 172 Å². The predicted octanol–water partition coefficient (Wildman–Crippen LogP) is 4.33. The van der Waals surface area contributed by atoms with Crippen LogP contribution in [0.2, 0.25) is 0 Å². The van der Waals surface area contributed by atoms with Crippen LogP contribution in [0.25, 0.3) is 0 Å². The van der Waals surface area contributed by atoms with Gasteiger partial charge in [0.15, 0.2) is 17.3 Å². The van der Waals surface area contributed by atoms with E-state index in [1.165, 1.54) is 14.0 Å². The minimum Gasteiger partial charge on any atom is -0.494 e. The lowest BCUT2D eigenvalue weighted by Gasteiger charge is -2.16. The van der Waals surface area contributed by atoms with Gasteiger partial charge in [0.05, 0.1) is 26.4 Å². The smallest absolute Gasteiger partial charge is 0.220 e. The first-order valence-electron chi connectivity index (χ1n) is 9.78. The standard InChI is InChI=1S/C23H29NO5/c1-5-28-20-9-6-8-18(14-20)16(2)24-23(26)10-7-13-29-21-12-11-19(17(3)25)15-22(21)27-4/h6,8-9,11-12,14-16H,5,7,10,13H2,1-4H3,(H,24,26). The summed E-state index contributed by atoms with van der Waals surface area (Å²) in [6.45, 7) is 6.36. The van der Waals surface area contributed by atoms with E-state index < -0.39 is 0 Å². The monoisotopic (exact) mass is 399 g/mol. The zero-order chi connectivity index (χ0) is 21.2. The average molecular weight is 399 g/mol. The number of hydrogen-bond donors (Lipinski definition) is 1. The molecule has 0 spiro atoms. The summed E-state index contributed by atoms with van der Waals surface area (Å²) < 4.78 is 16.5. The van der Waals surface area contributed by atoms with Crippen LogP contribution in [0.15, 0.2) is 42.5 Å². The Morgan fingerprint density at radius 2 is 1.86 bits per heavy atom. The number of rotatable bonds is 11. The first-order chi connectivity index (χ1) is 13.9. The first kappa shape index (κ1) is 22.3. The molecule has 1 N–H and O–H groups in total. The summed E-state index contributed by atoms with van der Waals surface area (Å²) in [4.78, 5) is 23.7. The van der Waals surface area contributed by atoms with Gasteiger partial charge < -0.3 is 19.5 Å². The van der Waals surface area contributed by atoms with Gasteiger partial charge in [-0.1, -0.05) is 12.1 Å². The molecule has 0 aliphatic carbocycles. The van der Waals surface area contributed by atoms with E-state index in [0.29, 0.717) is 43.1 Å². The number of methoxy groups -OCH3 is 1. The second-order valence-electron chi connectivity index (χ2n) is 6.67. The summed E-state index contributed by atoms with van der Waals surface area (Å²) in [7, 11) is 1.53. The van der Waals surface area contributed by atoms with Gasteiger partial charge in [0.25, 0.3) is 0 Å². The van der Waals surface area contributed by atoms with Crippen molar-refractivity contribution in [2.75, 3.05) is 20.3 Å². The number of ketones is 1. The SMILES string of the molecule is CCOc1cccc(C(C)NC(=O)CCCOc2ccc(C(C)=O)cc2OC)c1. The lowest BCUT2D eigenvalue weighted by atomic mass is 10.1. The Hall–Kier alpha value is -3.02. The molecule has 156 valence electrons. The number of amides is 1. The summed E-state index contributed by atoms with van der Waals surface area (Å²) in [6, 6.07) is 12.7. The van der Waals surface area contributed by atoms with Gasteiger partial charge in [-0.2, -0.15) is 0 Å². The van der Waals surface area contributed by atoms with Gasteiger partial charge >= 0.3 is 0 Å². The van der Waals surface area contributed by atoms with Gasteiger partial charge in [-0.25, -0.2) is 0 Å². The van der Waals surface area contributed by atoms with Crippen molar-refractivity contribution in [2.45, 2.75) is 39.7 Å². The van der Waals surface area contributed by atoms with Crippen LogP contribution in [-0.2, 0) is 4.79 Å². The molecule has 1 atom stereocenters. The highest BCUT2D eigenvalue weighted by atomic mass is 16.5. The third-order valence-electron chi connectivity index (χ3n) is 4.42. The molecule has 2 rings (SSSR count). The molecule has 1 amide bonds. The van der Waals surface area contributed by atoms with E-state index >= 15 is 0 Å². The number of Topliss-reactive ketones (excluding diaryl/α,β-unsaturated/α-hetero) is 1. The van der Waals surface area contributed by atoms with Crippen LogP contribution >= 0.6 is 0 Å². The van der Waals surface area contributed by atoms with Crippen molar-refractivity contribution in [3.8, 4) is 17.2 Å². The van der Waals surface area contributed by atoms with Crippen molar-refractivity contribution in [3.05, 3.63) is 53.6 Å². The summed E-state index contributed by atoms with van der Waals surface area (Å²) >= 11 is 0. The Balaban J connectivity index is 1.80. The van der Waals surface area contributed by atoms with E-state index in [4.69, 9.17) is 14.2 Å². The van der Waals surface area contributed by atoms with E-state index in [1.807, 2.05) is 38.1 Å². The van der Waals surface area contributed by atoms with E-state index in [0.717, 1.165) is 11.3 Å². The van der Waals surface area contributed by atoms with E-state index in [1.54, 1.807) is 18.2 Å². The minimum atomic E-state index is -0.108. The summed E-state index contributed by atoms with van der Waals surface area (Å²) in [5.41, 5.74) is 1.56. The van der Waals surface area contributed by atoms with Crippen LogP contribution < -0.4 is 19.5 Å². The topological polar surface area (TPSA) is 73.9 Å². The highest BCUT2D eigenvalue weighted by Crippen LogP contribution is 2.28. The molecule has 0 aromatic heterocycles. The number of hydrogen-bond acceptors (Lipinski definition) is 5.